The number of amides is 2. The van der Waals surface area contributed by atoms with Crippen LogP contribution in [0.15, 0.2) is 12.1 Å². The van der Waals surface area contributed by atoms with E-state index in [0.717, 1.165) is 0 Å². The largest absolute Gasteiger partial charge is 0.480 e. The molecule has 3 N–H and O–H groups in total. The highest BCUT2D eigenvalue weighted by Gasteiger charge is 2.18. The summed E-state index contributed by atoms with van der Waals surface area (Å²) in [5.74, 6) is -1.93. The second kappa shape index (κ2) is 6.58. The number of nitrogens with one attached hydrogen (secondary N) is 2. The summed E-state index contributed by atoms with van der Waals surface area (Å²) in [6.07, 6.45) is 0.230. The summed E-state index contributed by atoms with van der Waals surface area (Å²) >= 11 is 11.1. The van der Waals surface area contributed by atoms with Crippen LogP contribution in [-0.2, 0) is 4.79 Å². The average molecular weight is 309 g/mol. The third-order valence-electron chi connectivity index (χ3n) is 2.25. The first-order chi connectivity index (χ1) is 8.85. The molecule has 0 saturated heterocycles. The number of aliphatic carboxylic acids is 1. The van der Waals surface area contributed by atoms with Crippen LogP contribution < -0.4 is 10.6 Å². The predicted molar refractivity (Wildman–Crippen MR) is 70.3 cm³/mol. The molecule has 1 atom stereocenters. The van der Waals surface area contributed by atoms with Crippen LogP contribution in [0.2, 0.25) is 10.0 Å². The molecule has 0 bridgehead atoms. The van der Waals surface area contributed by atoms with Gasteiger partial charge in [0.2, 0.25) is 0 Å². The van der Waals surface area contributed by atoms with Crippen molar-refractivity contribution < 1.29 is 19.1 Å². The van der Waals surface area contributed by atoms with E-state index in [2.05, 4.69) is 10.6 Å². The molecule has 0 aliphatic rings. The lowest BCUT2D eigenvalue weighted by molar-refractivity contribution is -0.139. The van der Waals surface area contributed by atoms with Crippen molar-refractivity contribution in [2.24, 2.45) is 0 Å². The molecule has 0 aliphatic carbocycles. The number of benzene rings is 1. The molecule has 8 heteroatoms. The summed E-state index contributed by atoms with van der Waals surface area (Å²) in [5.41, 5.74) is 0.161. The number of carboxylic acids is 1. The van der Waals surface area contributed by atoms with E-state index in [1.165, 1.54) is 12.1 Å². The molecule has 0 radical (unpaired) electrons. The van der Waals surface area contributed by atoms with Crippen LogP contribution in [-0.4, -0.2) is 23.1 Å². The zero-order valence-corrected chi connectivity index (χ0v) is 11.3. The van der Waals surface area contributed by atoms with Crippen molar-refractivity contribution in [3.63, 3.8) is 0 Å². The van der Waals surface area contributed by atoms with E-state index in [1.807, 2.05) is 0 Å². The van der Waals surface area contributed by atoms with E-state index in [4.69, 9.17) is 28.3 Å². The lowest BCUT2D eigenvalue weighted by atomic mass is 10.2. The Balaban J connectivity index is 2.75. The molecule has 1 unspecified atom stereocenters. The summed E-state index contributed by atoms with van der Waals surface area (Å²) in [7, 11) is 0. The highest BCUT2D eigenvalue weighted by Crippen LogP contribution is 2.27. The van der Waals surface area contributed by atoms with Gasteiger partial charge in [-0.25, -0.2) is 14.0 Å². The molecule has 0 fully saturated rings. The van der Waals surface area contributed by atoms with Crippen LogP contribution in [0.1, 0.15) is 13.3 Å². The molecule has 0 saturated carbocycles. The minimum atomic E-state index is -1.15. The van der Waals surface area contributed by atoms with Gasteiger partial charge in [-0.15, -0.1) is 0 Å². The quantitative estimate of drug-likeness (QED) is 0.748. The second-order valence-corrected chi connectivity index (χ2v) is 4.47. The number of carbonyl (C=O) groups excluding carboxylic acids is 1. The molecule has 0 aromatic heterocycles. The summed E-state index contributed by atoms with van der Waals surface area (Å²) in [5, 5.41) is 12.9. The molecule has 5 nitrogen and oxygen atoms in total. The topological polar surface area (TPSA) is 78.4 Å². The van der Waals surface area contributed by atoms with Crippen molar-refractivity contribution >= 4 is 40.9 Å². The fourth-order valence-corrected chi connectivity index (χ4v) is 1.78. The lowest BCUT2D eigenvalue weighted by Crippen LogP contribution is -2.42. The van der Waals surface area contributed by atoms with Crippen LogP contribution in [0.3, 0.4) is 0 Å². The van der Waals surface area contributed by atoms with Crippen LogP contribution >= 0.6 is 23.2 Å². The standard InChI is InChI=1S/C11H11Cl2FN2O3/c1-2-8(10(17)18)16-11(19)15-5-3-6(12)9(14)7(13)4-5/h3-4,8H,2H2,1H3,(H,17,18)(H2,15,16,19). The Morgan fingerprint density at radius 1 is 1.37 bits per heavy atom. The van der Waals surface area contributed by atoms with E-state index in [9.17, 15) is 14.0 Å². The van der Waals surface area contributed by atoms with Crippen LogP contribution in [0, 0.1) is 5.82 Å². The minimum absolute atomic E-state index is 0.161. The number of rotatable bonds is 4. The summed E-state index contributed by atoms with van der Waals surface area (Å²) < 4.78 is 13.1. The monoisotopic (exact) mass is 308 g/mol. The third-order valence-corrected chi connectivity index (χ3v) is 2.80. The molecule has 1 rings (SSSR count). The van der Waals surface area contributed by atoms with Gasteiger partial charge in [-0.3, -0.25) is 0 Å². The molecular weight excluding hydrogens is 298 g/mol. The van der Waals surface area contributed by atoms with Gasteiger partial charge in [-0.2, -0.15) is 0 Å². The molecule has 0 aliphatic heterocycles. The van der Waals surface area contributed by atoms with Crippen molar-refractivity contribution in [2.75, 3.05) is 5.32 Å². The van der Waals surface area contributed by atoms with E-state index >= 15 is 0 Å². The number of anilines is 1. The Labute approximate surface area is 118 Å². The van der Waals surface area contributed by atoms with Gasteiger partial charge in [0.1, 0.15) is 6.04 Å². The van der Waals surface area contributed by atoms with E-state index in [-0.39, 0.29) is 22.2 Å². The molecule has 0 heterocycles. The van der Waals surface area contributed by atoms with Gasteiger partial charge in [0.15, 0.2) is 5.82 Å². The van der Waals surface area contributed by atoms with Gasteiger partial charge in [0.25, 0.3) is 0 Å². The van der Waals surface area contributed by atoms with Crippen LogP contribution in [0.4, 0.5) is 14.9 Å². The van der Waals surface area contributed by atoms with Crippen molar-refractivity contribution in [1.82, 2.24) is 5.32 Å². The Morgan fingerprint density at radius 2 is 1.89 bits per heavy atom. The zero-order valence-electron chi connectivity index (χ0n) is 9.84. The highest BCUT2D eigenvalue weighted by atomic mass is 35.5. The minimum Gasteiger partial charge on any atom is -0.480 e. The second-order valence-electron chi connectivity index (χ2n) is 3.65. The number of carboxylic acid groups (broad SMARTS) is 1. The van der Waals surface area contributed by atoms with E-state index < -0.39 is 23.9 Å². The fourth-order valence-electron chi connectivity index (χ4n) is 1.29. The molecule has 19 heavy (non-hydrogen) atoms. The van der Waals surface area contributed by atoms with Gasteiger partial charge >= 0.3 is 12.0 Å². The van der Waals surface area contributed by atoms with E-state index in [1.54, 1.807) is 6.92 Å². The first kappa shape index (κ1) is 15.5. The van der Waals surface area contributed by atoms with Gasteiger partial charge < -0.3 is 15.7 Å². The molecule has 1 aromatic carbocycles. The van der Waals surface area contributed by atoms with Crippen molar-refractivity contribution in [3.05, 3.63) is 28.0 Å². The van der Waals surface area contributed by atoms with Gasteiger partial charge in [-0.05, 0) is 18.6 Å². The Kier molecular flexibility index (Phi) is 5.38. The number of hydrogen-bond acceptors (Lipinski definition) is 2. The average Bonchev–Trinajstić information content (AvgIpc) is 2.32. The smallest absolute Gasteiger partial charge is 0.326 e. The normalized spacial score (nSPS) is 11.8. The van der Waals surface area contributed by atoms with Gasteiger partial charge in [0.05, 0.1) is 10.0 Å². The molecule has 0 spiro atoms. The maximum Gasteiger partial charge on any atom is 0.326 e. The molecule has 2 amide bonds. The number of urea groups is 1. The fraction of sp³-hybridized carbons (Fsp3) is 0.273. The van der Waals surface area contributed by atoms with Crippen molar-refractivity contribution in [2.45, 2.75) is 19.4 Å². The lowest BCUT2D eigenvalue weighted by Gasteiger charge is -2.13. The number of halogens is 3. The summed E-state index contributed by atoms with van der Waals surface area (Å²) in [4.78, 5) is 22.3. The Bertz CT molecular complexity index is 488. The Hall–Kier alpha value is -1.53. The molecule has 104 valence electrons. The molecular formula is C11H11Cl2FN2O3. The van der Waals surface area contributed by atoms with Gasteiger partial charge in [0, 0.05) is 5.69 Å². The number of hydrogen-bond donors (Lipinski definition) is 3. The van der Waals surface area contributed by atoms with Crippen LogP contribution in [0.5, 0.6) is 0 Å². The summed E-state index contributed by atoms with van der Waals surface area (Å²) in [6, 6.07) is 0.591. The Morgan fingerprint density at radius 3 is 2.32 bits per heavy atom. The molecule has 1 aromatic rings. The maximum atomic E-state index is 13.1. The SMILES string of the molecule is CCC(NC(=O)Nc1cc(Cl)c(F)c(Cl)c1)C(=O)O. The van der Waals surface area contributed by atoms with Crippen LogP contribution in [0.25, 0.3) is 0 Å². The maximum absolute atomic E-state index is 13.1. The highest BCUT2D eigenvalue weighted by molar-refractivity contribution is 6.35. The third kappa shape index (κ3) is 4.25. The van der Waals surface area contributed by atoms with E-state index in [0.29, 0.717) is 0 Å². The number of carbonyl (C=O) groups is 2. The van der Waals surface area contributed by atoms with Crippen molar-refractivity contribution in [1.29, 1.82) is 0 Å². The predicted octanol–water partition coefficient (Wildman–Crippen LogP) is 3.12. The van der Waals surface area contributed by atoms with Crippen molar-refractivity contribution in [3.8, 4) is 0 Å². The summed E-state index contributed by atoms with van der Waals surface area (Å²) in [6.45, 7) is 1.62. The first-order valence-electron chi connectivity index (χ1n) is 5.30. The first-order valence-corrected chi connectivity index (χ1v) is 6.05. The zero-order chi connectivity index (χ0) is 14.6. The van der Waals surface area contributed by atoms with Gasteiger partial charge in [-0.1, -0.05) is 30.1 Å².